The van der Waals surface area contributed by atoms with Crippen LogP contribution in [0.1, 0.15) is 67.0 Å². The first-order chi connectivity index (χ1) is 12.8. The van der Waals surface area contributed by atoms with Crippen LogP contribution in [-0.4, -0.2) is 82.2 Å². The quantitative estimate of drug-likeness (QED) is 0.896. The first-order valence-electron chi connectivity index (χ1n) is 10.6. The van der Waals surface area contributed by atoms with Gasteiger partial charge in [-0.05, 0) is 31.7 Å². The predicted molar refractivity (Wildman–Crippen MR) is 100 cm³/mol. The molecule has 1 aromatic heterocycles. The summed E-state index contributed by atoms with van der Waals surface area (Å²) in [5, 5.41) is 7.29. The molecule has 6 heteroatoms. The van der Waals surface area contributed by atoms with Crippen LogP contribution < -0.4 is 0 Å². The normalized spacial score (nSPS) is 26.8. The molecular formula is C20H31N5O. The van der Waals surface area contributed by atoms with Gasteiger partial charge in [0.05, 0.1) is 0 Å². The molecule has 1 N–H and O–H groups in total. The van der Waals surface area contributed by atoms with Crippen LogP contribution in [-0.2, 0) is 0 Å². The molecule has 4 fully saturated rings. The third kappa shape index (κ3) is 3.29. The number of rotatable bonds is 4. The maximum Gasteiger partial charge on any atom is 0.274 e. The number of likely N-dealkylation sites (tertiary alicyclic amines) is 1. The van der Waals surface area contributed by atoms with E-state index >= 15 is 0 Å². The van der Waals surface area contributed by atoms with Gasteiger partial charge in [-0.2, -0.15) is 5.10 Å². The Balaban J connectivity index is 1.08. The molecule has 0 atom stereocenters. The number of carbonyl (C=O) groups excluding carboxylic acids is 1. The van der Waals surface area contributed by atoms with Crippen LogP contribution in [0.3, 0.4) is 0 Å². The Morgan fingerprint density at radius 2 is 1.58 bits per heavy atom. The van der Waals surface area contributed by atoms with Crippen molar-refractivity contribution in [2.24, 2.45) is 0 Å². The Hall–Kier alpha value is -1.40. The van der Waals surface area contributed by atoms with Crippen molar-refractivity contribution in [3.8, 4) is 0 Å². The van der Waals surface area contributed by atoms with E-state index in [1.54, 1.807) is 0 Å². The van der Waals surface area contributed by atoms with Crippen LogP contribution in [0.2, 0.25) is 0 Å². The van der Waals surface area contributed by atoms with Gasteiger partial charge >= 0.3 is 0 Å². The van der Waals surface area contributed by atoms with Crippen molar-refractivity contribution in [1.29, 1.82) is 0 Å². The number of hydrogen-bond donors (Lipinski definition) is 1. The van der Waals surface area contributed by atoms with E-state index in [1.807, 2.05) is 11.0 Å². The fraction of sp³-hybridized carbons (Fsp3) is 0.800. The van der Waals surface area contributed by atoms with E-state index in [9.17, 15) is 4.79 Å². The molecule has 0 unspecified atom stereocenters. The average Bonchev–Trinajstić information content (AvgIpc) is 3.38. The van der Waals surface area contributed by atoms with E-state index in [-0.39, 0.29) is 5.91 Å². The highest BCUT2D eigenvalue weighted by molar-refractivity contribution is 5.93. The van der Waals surface area contributed by atoms with Gasteiger partial charge in [-0.15, -0.1) is 0 Å². The van der Waals surface area contributed by atoms with E-state index in [0.717, 1.165) is 37.9 Å². The van der Waals surface area contributed by atoms with Crippen molar-refractivity contribution in [1.82, 2.24) is 24.9 Å². The molecule has 2 saturated heterocycles. The third-order valence-corrected chi connectivity index (χ3v) is 6.94. The van der Waals surface area contributed by atoms with E-state index in [0.29, 0.717) is 17.7 Å². The van der Waals surface area contributed by atoms with Gasteiger partial charge in [0.25, 0.3) is 5.91 Å². The van der Waals surface area contributed by atoms with Crippen LogP contribution in [0.4, 0.5) is 0 Å². The van der Waals surface area contributed by atoms with Crippen molar-refractivity contribution in [2.75, 3.05) is 39.3 Å². The zero-order valence-electron chi connectivity index (χ0n) is 15.7. The van der Waals surface area contributed by atoms with E-state index in [2.05, 4.69) is 20.0 Å². The Morgan fingerprint density at radius 1 is 0.923 bits per heavy atom. The Labute approximate surface area is 155 Å². The molecular weight excluding hydrogens is 326 g/mol. The lowest BCUT2D eigenvalue weighted by Crippen LogP contribution is -2.64. The number of aromatic nitrogens is 2. The zero-order chi connectivity index (χ0) is 17.5. The van der Waals surface area contributed by atoms with Gasteiger partial charge in [0.2, 0.25) is 0 Å². The van der Waals surface area contributed by atoms with Crippen molar-refractivity contribution in [3.05, 3.63) is 17.5 Å². The lowest BCUT2D eigenvalue weighted by atomic mass is 9.93. The van der Waals surface area contributed by atoms with E-state index < -0.39 is 0 Å². The highest BCUT2D eigenvalue weighted by atomic mass is 16.2. The minimum Gasteiger partial charge on any atom is -0.334 e. The molecule has 1 amide bonds. The third-order valence-electron chi connectivity index (χ3n) is 6.94. The van der Waals surface area contributed by atoms with Crippen molar-refractivity contribution in [3.63, 3.8) is 0 Å². The van der Waals surface area contributed by atoms with Crippen LogP contribution in [0.25, 0.3) is 0 Å². The lowest BCUT2D eigenvalue weighted by Gasteiger charge is -2.49. The van der Waals surface area contributed by atoms with Gasteiger partial charge in [-0.3, -0.25) is 19.7 Å². The number of H-pyrrole nitrogens is 1. The van der Waals surface area contributed by atoms with Crippen LogP contribution >= 0.6 is 0 Å². The Kier molecular flexibility index (Phi) is 4.49. The second-order valence-corrected chi connectivity index (χ2v) is 8.71. The predicted octanol–water partition coefficient (Wildman–Crippen LogP) is 2.06. The largest absolute Gasteiger partial charge is 0.334 e. The molecule has 0 spiro atoms. The molecule has 2 saturated carbocycles. The lowest BCUT2D eigenvalue weighted by molar-refractivity contribution is -0.00287. The summed E-state index contributed by atoms with van der Waals surface area (Å²) in [6, 6.07) is 3.36. The molecule has 2 aliphatic carbocycles. The van der Waals surface area contributed by atoms with Crippen LogP contribution in [0.15, 0.2) is 6.07 Å². The summed E-state index contributed by atoms with van der Waals surface area (Å²) >= 11 is 0. The molecule has 2 aliphatic heterocycles. The Bertz CT molecular complexity index is 634. The highest BCUT2D eigenvalue weighted by Crippen LogP contribution is 2.39. The Morgan fingerprint density at radius 3 is 2.23 bits per heavy atom. The summed E-state index contributed by atoms with van der Waals surface area (Å²) in [4.78, 5) is 19.9. The summed E-state index contributed by atoms with van der Waals surface area (Å²) in [5.74, 6) is 0.721. The molecule has 26 heavy (non-hydrogen) atoms. The molecule has 0 aromatic carbocycles. The average molecular weight is 358 g/mol. The smallest absolute Gasteiger partial charge is 0.274 e. The minimum atomic E-state index is 0.102. The number of hydrogen-bond acceptors (Lipinski definition) is 4. The molecule has 6 nitrogen and oxygen atoms in total. The summed E-state index contributed by atoms with van der Waals surface area (Å²) in [7, 11) is 0. The molecule has 4 aliphatic rings. The number of carbonyl (C=O) groups is 1. The van der Waals surface area contributed by atoms with Crippen molar-refractivity contribution < 1.29 is 4.79 Å². The zero-order valence-corrected chi connectivity index (χ0v) is 15.7. The number of nitrogens with zero attached hydrogens (tertiary/aromatic N) is 4. The second-order valence-electron chi connectivity index (χ2n) is 8.71. The topological polar surface area (TPSA) is 55.5 Å². The maximum atomic E-state index is 12.6. The first-order valence-corrected chi connectivity index (χ1v) is 10.6. The van der Waals surface area contributed by atoms with Gasteiger partial charge in [-0.25, -0.2) is 0 Å². The molecule has 3 heterocycles. The fourth-order valence-electron chi connectivity index (χ4n) is 4.98. The molecule has 142 valence electrons. The summed E-state index contributed by atoms with van der Waals surface area (Å²) in [6.45, 7) is 6.48. The molecule has 1 aromatic rings. The molecule has 0 bridgehead atoms. The minimum absolute atomic E-state index is 0.102. The summed E-state index contributed by atoms with van der Waals surface area (Å²) < 4.78 is 0. The fourth-order valence-corrected chi connectivity index (χ4v) is 4.98. The van der Waals surface area contributed by atoms with Gasteiger partial charge in [0.1, 0.15) is 5.69 Å². The number of piperazine rings is 1. The molecule has 5 rings (SSSR count). The number of nitrogens with one attached hydrogen (secondary N) is 1. The monoisotopic (exact) mass is 357 g/mol. The number of aromatic amines is 1. The van der Waals surface area contributed by atoms with E-state index in [4.69, 9.17) is 0 Å². The SMILES string of the molecule is O=C(c1cc(C2CC2)[nH]n1)N1CC(N2CCN(C3CCCCC3)CC2)C1. The van der Waals surface area contributed by atoms with Crippen LogP contribution in [0.5, 0.6) is 0 Å². The summed E-state index contributed by atoms with van der Waals surface area (Å²) in [5.41, 5.74) is 1.75. The number of amides is 1. The van der Waals surface area contributed by atoms with Gasteiger partial charge in [-0.1, -0.05) is 19.3 Å². The van der Waals surface area contributed by atoms with Crippen LogP contribution in [0, 0.1) is 0 Å². The van der Waals surface area contributed by atoms with E-state index in [1.165, 1.54) is 58.0 Å². The first kappa shape index (κ1) is 16.8. The second kappa shape index (κ2) is 6.97. The van der Waals surface area contributed by atoms with Gasteiger partial charge < -0.3 is 4.90 Å². The van der Waals surface area contributed by atoms with Gasteiger partial charge in [0, 0.05) is 63.0 Å². The maximum absolute atomic E-state index is 12.6. The van der Waals surface area contributed by atoms with Gasteiger partial charge in [0.15, 0.2) is 0 Å². The summed E-state index contributed by atoms with van der Waals surface area (Å²) in [6.07, 6.45) is 9.53. The van der Waals surface area contributed by atoms with Crippen molar-refractivity contribution in [2.45, 2.75) is 62.9 Å². The highest BCUT2D eigenvalue weighted by Gasteiger charge is 2.38. The standard InChI is InChI=1S/C20H31N5O/c26-20(19-12-18(21-22-19)15-6-7-15)25-13-17(14-25)24-10-8-23(9-11-24)16-4-2-1-3-5-16/h12,15-17H,1-11,13-14H2,(H,21,22). The van der Waals surface area contributed by atoms with Crippen molar-refractivity contribution >= 4 is 5.91 Å². The molecule has 0 radical (unpaired) electrons.